The average molecular weight is 398 g/mol. The van der Waals surface area contributed by atoms with Crippen LogP contribution >= 0.6 is 11.6 Å². The Labute approximate surface area is 170 Å². The third-order valence-electron chi connectivity index (χ3n) is 6.00. The lowest BCUT2D eigenvalue weighted by Gasteiger charge is -2.45. The number of hydrogen-bond acceptors (Lipinski definition) is 3. The van der Waals surface area contributed by atoms with E-state index in [2.05, 4.69) is 4.98 Å². The standard InChI is InChI=1S/C22H24ClN3O2/c1-16-4-2-7-19(24-16)15-26-20(27)8-9-22(26)10-12-25(13-11-22)21(28)17-5-3-6-18(23)14-17/h2-7,14H,8-13,15H2,1H3. The fourth-order valence-corrected chi connectivity index (χ4v) is 4.62. The van der Waals surface area contributed by atoms with Crippen LogP contribution in [0.15, 0.2) is 42.5 Å². The van der Waals surface area contributed by atoms with Crippen LogP contribution in [-0.4, -0.2) is 45.2 Å². The highest BCUT2D eigenvalue weighted by Gasteiger charge is 2.47. The van der Waals surface area contributed by atoms with Gasteiger partial charge in [-0.2, -0.15) is 0 Å². The van der Waals surface area contributed by atoms with Gasteiger partial charge in [0.25, 0.3) is 5.91 Å². The average Bonchev–Trinajstić information content (AvgIpc) is 2.98. The van der Waals surface area contributed by atoms with Crippen LogP contribution in [0, 0.1) is 6.92 Å². The predicted molar refractivity (Wildman–Crippen MR) is 108 cm³/mol. The molecule has 4 rings (SSSR count). The number of benzene rings is 1. The van der Waals surface area contributed by atoms with Gasteiger partial charge in [0.2, 0.25) is 5.91 Å². The van der Waals surface area contributed by atoms with Gasteiger partial charge < -0.3 is 9.80 Å². The van der Waals surface area contributed by atoms with Crippen LogP contribution in [0.3, 0.4) is 0 Å². The van der Waals surface area contributed by atoms with Gasteiger partial charge >= 0.3 is 0 Å². The Bertz CT molecular complexity index is 906. The second-order valence-electron chi connectivity index (χ2n) is 7.78. The number of amides is 2. The molecule has 2 aliphatic rings. The van der Waals surface area contributed by atoms with Gasteiger partial charge in [-0.15, -0.1) is 0 Å². The number of carbonyl (C=O) groups excluding carboxylic acids is 2. The predicted octanol–water partition coefficient (Wildman–Crippen LogP) is 3.84. The number of halogens is 1. The Morgan fingerprint density at radius 3 is 2.61 bits per heavy atom. The molecule has 2 aromatic rings. The maximum atomic E-state index is 12.8. The summed E-state index contributed by atoms with van der Waals surface area (Å²) in [6, 6.07) is 13.0. The Kier molecular flexibility index (Phi) is 5.11. The zero-order valence-corrected chi connectivity index (χ0v) is 16.8. The van der Waals surface area contributed by atoms with Crippen molar-refractivity contribution in [2.75, 3.05) is 13.1 Å². The van der Waals surface area contributed by atoms with Gasteiger partial charge in [0.15, 0.2) is 0 Å². The van der Waals surface area contributed by atoms with Crippen molar-refractivity contribution in [2.24, 2.45) is 0 Å². The van der Waals surface area contributed by atoms with Crippen molar-refractivity contribution < 1.29 is 9.59 Å². The van der Waals surface area contributed by atoms with Crippen LogP contribution in [0.5, 0.6) is 0 Å². The molecule has 6 heteroatoms. The van der Waals surface area contributed by atoms with E-state index in [0.29, 0.717) is 36.6 Å². The normalized spacial score (nSPS) is 18.7. The molecule has 0 atom stereocenters. The van der Waals surface area contributed by atoms with Crippen molar-refractivity contribution in [3.8, 4) is 0 Å². The lowest BCUT2D eigenvalue weighted by atomic mass is 9.84. The van der Waals surface area contributed by atoms with Crippen molar-refractivity contribution in [2.45, 2.75) is 44.7 Å². The number of aryl methyl sites for hydroxylation is 1. The summed E-state index contributed by atoms with van der Waals surface area (Å²) in [6.07, 6.45) is 3.04. The summed E-state index contributed by atoms with van der Waals surface area (Å²) in [6.45, 7) is 3.81. The van der Waals surface area contributed by atoms with E-state index in [0.717, 1.165) is 30.7 Å². The minimum absolute atomic E-state index is 0.00794. The molecule has 0 unspecified atom stereocenters. The maximum Gasteiger partial charge on any atom is 0.253 e. The van der Waals surface area contributed by atoms with Crippen LogP contribution in [0.1, 0.15) is 47.4 Å². The third kappa shape index (κ3) is 3.63. The minimum Gasteiger partial charge on any atom is -0.338 e. The highest BCUT2D eigenvalue weighted by molar-refractivity contribution is 6.30. The van der Waals surface area contributed by atoms with Crippen molar-refractivity contribution in [1.29, 1.82) is 0 Å². The number of piperidine rings is 1. The number of carbonyl (C=O) groups is 2. The molecule has 2 aliphatic heterocycles. The lowest BCUT2D eigenvalue weighted by Crippen LogP contribution is -2.53. The minimum atomic E-state index is -0.159. The molecule has 1 aromatic heterocycles. The van der Waals surface area contributed by atoms with Gasteiger partial charge in [-0.1, -0.05) is 23.7 Å². The third-order valence-corrected chi connectivity index (χ3v) is 6.23. The largest absolute Gasteiger partial charge is 0.338 e. The summed E-state index contributed by atoms with van der Waals surface area (Å²) in [5, 5.41) is 0.567. The fourth-order valence-electron chi connectivity index (χ4n) is 4.43. The van der Waals surface area contributed by atoms with E-state index < -0.39 is 0 Å². The second kappa shape index (κ2) is 7.55. The van der Waals surface area contributed by atoms with Crippen LogP contribution in [0.25, 0.3) is 0 Å². The van der Waals surface area contributed by atoms with Crippen molar-refractivity contribution in [3.63, 3.8) is 0 Å². The summed E-state index contributed by atoms with van der Waals surface area (Å²) in [5.41, 5.74) is 2.34. The molecule has 1 aromatic carbocycles. The van der Waals surface area contributed by atoms with Crippen LogP contribution in [0.4, 0.5) is 0 Å². The van der Waals surface area contributed by atoms with Crippen LogP contribution in [-0.2, 0) is 11.3 Å². The molecule has 0 saturated carbocycles. The van der Waals surface area contributed by atoms with Crippen LogP contribution in [0.2, 0.25) is 5.02 Å². The molecule has 0 N–H and O–H groups in total. The van der Waals surface area contributed by atoms with Crippen molar-refractivity contribution in [1.82, 2.24) is 14.8 Å². The molecule has 2 saturated heterocycles. The lowest BCUT2D eigenvalue weighted by molar-refractivity contribution is -0.133. The summed E-state index contributed by atoms with van der Waals surface area (Å²) in [7, 11) is 0. The van der Waals surface area contributed by atoms with Gasteiger partial charge in [0.05, 0.1) is 12.2 Å². The number of aromatic nitrogens is 1. The smallest absolute Gasteiger partial charge is 0.253 e. The van der Waals surface area contributed by atoms with E-state index >= 15 is 0 Å². The van der Waals surface area contributed by atoms with Crippen molar-refractivity contribution in [3.05, 3.63) is 64.4 Å². The Balaban J connectivity index is 1.47. The van der Waals surface area contributed by atoms with E-state index in [1.807, 2.05) is 34.9 Å². The molecule has 3 heterocycles. The first-order valence-electron chi connectivity index (χ1n) is 9.75. The van der Waals surface area contributed by atoms with Crippen molar-refractivity contribution >= 4 is 23.4 Å². The van der Waals surface area contributed by atoms with Gasteiger partial charge in [-0.05, 0) is 56.5 Å². The second-order valence-corrected chi connectivity index (χ2v) is 8.21. The summed E-state index contributed by atoms with van der Waals surface area (Å²) >= 11 is 6.03. The maximum absolute atomic E-state index is 12.8. The first-order chi connectivity index (χ1) is 13.5. The molecule has 28 heavy (non-hydrogen) atoms. The highest BCUT2D eigenvalue weighted by Crippen LogP contribution is 2.40. The molecule has 0 aliphatic carbocycles. The molecule has 146 valence electrons. The number of likely N-dealkylation sites (tertiary alicyclic amines) is 2. The zero-order chi connectivity index (χ0) is 19.7. The van der Waals surface area contributed by atoms with E-state index in [9.17, 15) is 9.59 Å². The number of pyridine rings is 1. The van der Waals surface area contributed by atoms with Gasteiger partial charge in [0, 0.05) is 41.3 Å². The number of nitrogens with zero attached hydrogens (tertiary/aromatic N) is 3. The molecule has 5 nitrogen and oxygen atoms in total. The Morgan fingerprint density at radius 1 is 1.14 bits per heavy atom. The van der Waals surface area contributed by atoms with Gasteiger partial charge in [0.1, 0.15) is 0 Å². The topological polar surface area (TPSA) is 53.5 Å². The molecule has 2 amide bonds. The fraction of sp³-hybridized carbons (Fsp3) is 0.409. The molecular formula is C22H24ClN3O2. The van der Waals surface area contributed by atoms with E-state index in [-0.39, 0.29) is 17.4 Å². The SMILES string of the molecule is Cc1cccc(CN2C(=O)CCC23CCN(C(=O)c2cccc(Cl)c2)CC3)n1. The summed E-state index contributed by atoms with van der Waals surface area (Å²) in [4.78, 5) is 33.9. The van der Waals surface area contributed by atoms with Gasteiger partial charge in [-0.25, -0.2) is 0 Å². The molecule has 2 fully saturated rings. The monoisotopic (exact) mass is 397 g/mol. The Morgan fingerprint density at radius 2 is 1.89 bits per heavy atom. The molecular weight excluding hydrogens is 374 g/mol. The molecule has 0 radical (unpaired) electrons. The van der Waals surface area contributed by atoms with E-state index in [1.54, 1.807) is 24.3 Å². The Hall–Kier alpha value is -2.40. The van der Waals surface area contributed by atoms with E-state index in [4.69, 9.17) is 11.6 Å². The quantitative estimate of drug-likeness (QED) is 0.790. The van der Waals surface area contributed by atoms with Gasteiger partial charge in [-0.3, -0.25) is 14.6 Å². The zero-order valence-electron chi connectivity index (χ0n) is 16.0. The molecule has 1 spiro atoms. The number of rotatable bonds is 3. The number of hydrogen-bond donors (Lipinski definition) is 0. The first-order valence-corrected chi connectivity index (χ1v) is 10.1. The summed E-state index contributed by atoms with van der Waals surface area (Å²) < 4.78 is 0. The summed E-state index contributed by atoms with van der Waals surface area (Å²) in [5.74, 6) is 0.200. The van der Waals surface area contributed by atoms with Crippen LogP contribution < -0.4 is 0 Å². The molecule has 0 bridgehead atoms. The first kappa shape index (κ1) is 18.9. The highest BCUT2D eigenvalue weighted by atomic mass is 35.5. The van der Waals surface area contributed by atoms with E-state index in [1.165, 1.54) is 0 Å².